The summed E-state index contributed by atoms with van der Waals surface area (Å²) in [6.45, 7) is 0. The molecule has 3 aliphatic carbocycles. The van der Waals surface area contributed by atoms with Crippen LogP contribution in [0.2, 0.25) is 0 Å². The van der Waals surface area contributed by atoms with Crippen molar-refractivity contribution < 1.29 is 9.53 Å². The maximum atomic E-state index is 12.3. The van der Waals surface area contributed by atoms with Gasteiger partial charge in [-0.3, -0.25) is 9.79 Å². The Bertz CT molecular complexity index is 732. The number of ketones is 1. The first-order chi connectivity index (χ1) is 10.6. The number of nitrogens with zero attached hydrogens (tertiary/aromatic N) is 2. The second kappa shape index (κ2) is 4.83. The van der Waals surface area contributed by atoms with Gasteiger partial charge < -0.3 is 9.64 Å². The normalized spacial score (nSPS) is 28.8. The summed E-state index contributed by atoms with van der Waals surface area (Å²) in [5.74, 6) is 0.768. The Labute approximate surface area is 129 Å². The molecule has 0 N–H and O–H groups in total. The lowest BCUT2D eigenvalue weighted by molar-refractivity contribution is -0.111. The second-order valence-corrected chi connectivity index (χ2v) is 6.11. The molecule has 0 spiro atoms. The minimum Gasteiger partial charge on any atom is -0.481 e. The molecule has 0 amide bonds. The molecule has 0 radical (unpaired) electrons. The van der Waals surface area contributed by atoms with Gasteiger partial charge in [0.05, 0.1) is 5.71 Å². The quantitative estimate of drug-likeness (QED) is 0.697. The summed E-state index contributed by atoms with van der Waals surface area (Å²) in [4.78, 5) is 19.2. The average Bonchev–Trinajstić information content (AvgIpc) is 2.53. The molecule has 4 aliphatic rings. The third-order valence-electron chi connectivity index (χ3n) is 4.48. The third-order valence-corrected chi connectivity index (χ3v) is 4.48. The minimum absolute atomic E-state index is 0.0763. The number of aliphatic imine (C=N–C) groups is 1. The maximum absolute atomic E-state index is 12.3. The number of rotatable bonds is 1. The fourth-order valence-corrected chi connectivity index (χ4v) is 3.27. The topological polar surface area (TPSA) is 41.9 Å². The summed E-state index contributed by atoms with van der Waals surface area (Å²) in [6.07, 6.45) is 13.2. The van der Waals surface area contributed by atoms with Gasteiger partial charge in [-0.2, -0.15) is 0 Å². The largest absolute Gasteiger partial charge is 0.481 e. The zero-order valence-corrected chi connectivity index (χ0v) is 12.7. The van der Waals surface area contributed by atoms with E-state index in [1.165, 1.54) is 0 Å². The van der Waals surface area contributed by atoms with E-state index in [1.54, 1.807) is 6.08 Å². The molecular formula is C18H18N2O2. The molecule has 1 aliphatic heterocycles. The van der Waals surface area contributed by atoms with E-state index >= 15 is 0 Å². The molecule has 0 bridgehead atoms. The zero-order chi connectivity index (χ0) is 15.3. The van der Waals surface area contributed by atoms with Crippen molar-refractivity contribution in [1.82, 2.24) is 4.90 Å². The highest BCUT2D eigenvalue weighted by atomic mass is 16.5. The summed E-state index contributed by atoms with van der Waals surface area (Å²) >= 11 is 0. The van der Waals surface area contributed by atoms with Crippen molar-refractivity contribution in [3.8, 4) is 0 Å². The number of carbonyl (C=O) groups excluding carboxylic acids is 1. The summed E-state index contributed by atoms with van der Waals surface area (Å²) in [5.41, 5.74) is 4.02. The van der Waals surface area contributed by atoms with Crippen molar-refractivity contribution in [1.29, 1.82) is 0 Å². The highest BCUT2D eigenvalue weighted by Gasteiger charge is 2.36. The van der Waals surface area contributed by atoms with Crippen molar-refractivity contribution in [2.75, 3.05) is 14.1 Å². The monoisotopic (exact) mass is 294 g/mol. The number of hydrogen-bond donors (Lipinski definition) is 0. The molecule has 2 unspecified atom stereocenters. The highest BCUT2D eigenvalue weighted by Crippen LogP contribution is 2.37. The standard InChI is InChI=1S/C18H18N2O2/c1-20(2)11-7-8-14-16(9-11)22-17-10-15(21)12-5-3-4-6-13(12)18(17)19-14/h3-4,7-10,16,18H,5-6H2,1-2H3. The summed E-state index contributed by atoms with van der Waals surface area (Å²) in [6, 6.07) is -0.122. The van der Waals surface area contributed by atoms with Gasteiger partial charge in [-0.05, 0) is 36.6 Å². The average molecular weight is 294 g/mol. The van der Waals surface area contributed by atoms with Gasteiger partial charge in [-0.1, -0.05) is 12.2 Å². The lowest BCUT2D eigenvalue weighted by Gasteiger charge is -2.35. The second-order valence-electron chi connectivity index (χ2n) is 6.11. The van der Waals surface area contributed by atoms with E-state index in [-0.39, 0.29) is 17.9 Å². The zero-order valence-electron chi connectivity index (χ0n) is 12.7. The fraction of sp³-hybridized carbons (Fsp3) is 0.333. The van der Waals surface area contributed by atoms with Crippen LogP contribution in [0.1, 0.15) is 12.8 Å². The Morgan fingerprint density at radius 1 is 1.23 bits per heavy atom. The van der Waals surface area contributed by atoms with Crippen LogP contribution in [0.3, 0.4) is 0 Å². The summed E-state index contributed by atoms with van der Waals surface area (Å²) in [7, 11) is 4.00. The molecular weight excluding hydrogens is 276 g/mol. The molecule has 0 aromatic heterocycles. The van der Waals surface area contributed by atoms with Gasteiger partial charge in [0.2, 0.25) is 0 Å². The first kappa shape index (κ1) is 13.3. The predicted octanol–water partition coefficient (Wildman–Crippen LogP) is 2.32. The number of allylic oxidation sites excluding steroid dienone is 5. The number of ether oxygens (including phenoxy) is 1. The molecule has 22 heavy (non-hydrogen) atoms. The first-order valence-corrected chi connectivity index (χ1v) is 7.58. The van der Waals surface area contributed by atoms with Crippen LogP contribution in [0, 0.1) is 0 Å². The minimum atomic E-state index is -0.195. The van der Waals surface area contributed by atoms with Crippen LogP contribution in [0.4, 0.5) is 0 Å². The van der Waals surface area contributed by atoms with Gasteiger partial charge in [0, 0.05) is 31.4 Å². The Hall–Kier alpha value is -2.36. The van der Waals surface area contributed by atoms with Crippen LogP contribution in [0.25, 0.3) is 0 Å². The number of hydrogen-bond acceptors (Lipinski definition) is 4. The first-order valence-electron chi connectivity index (χ1n) is 7.58. The molecule has 0 aromatic carbocycles. The maximum Gasteiger partial charge on any atom is 0.185 e. The van der Waals surface area contributed by atoms with E-state index in [4.69, 9.17) is 9.73 Å². The van der Waals surface area contributed by atoms with Crippen LogP contribution in [-0.4, -0.2) is 42.6 Å². The predicted molar refractivity (Wildman–Crippen MR) is 85.5 cm³/mol. The van der Waals surface area contributed by atoms with E-state index in [0.29, 0.717) is 12.2 Å². The molecule has 4 rings (SSSR count). The molecule has 0 fully saturated rings. The lowest BCUT2D eigenvalue weighted by Crippen LogP contribution is -2.37. The summed E-state index contributed by atoms with van der Waals surface area (Å²) in [5, 5.41) is 0. The van der Waals surface area contributed by atoms with E-state index in [1.807, 2.05) is 31.1 Å². The smallest absolute Gasteiger partial charge is 0.185 e. The van der Waals surface area contributed by atoms with Crippen LogP contribution < -0.4 is 0 Å². The van der Waals surface area contributed by atoms with Crippen molar-refractivity contribution in [3.05, 3.63) is 59.1 Å². The van der Waals surface area contributed by atoms with Gasteiger partial charge >= 0.3 is 0 Å². The fourth-order valence-electron chi connectivity index (χ4n) is 3.27. The molecule has 1 heterocycles. The van der Waals surface area contributed by atoms with Crippen molar-refractivity contribution in [3.63, 3.8) is 0 Å². The van der Waals surface area contributed by atoms with Crippen molar-refractivity contribution in [2.45, 2.75) is 25.0 Å². The molecule has 112 valence electrons. The molecule has 0 saturated carbocycles. The van der Waals surface area contributed by atoms with Gasteiger partial charge in [0.1, 0.15) is 11.8 Å². The van der Waals surface area contributed by atoms with Gasteiger partial charge in [0.15, 0.2) is 11.9 Å². The molecule has 4 heteroatoms. The van der Waals surface area contributed by atoms with Gasteiger partial charge in [-0.25, -0.2) is 0 Å². The number of carbonyl (C=O) groups is 1. The van der Waals surface area contributed by atoms with E-state index in [0.717, 1.165) is 29.0 Å². The van der Waals surface area contributed by atoms with E-state index < -0.39 is 0 Å². The lowest BCUT2D eigenvalue weighted by atomic mass is 9.83. The van der Waals surface area contributed by atoms with Gasteiger partial charge in [-0.15, -0.1) is 0 Å². The molecule has 4 nitrogen and oxygen atoms in total. The van der Waals surface area contributed by atoms with Crippen LogP contribution in [0.15, 0.2) is 64.1 Å². The number of likely N-dealkylation sites (N-methyl/N-ethyl adjacent to an activating group) is 1. The third kappa shape index (κ3) is 1.98. The van der Waals surface area contributed by atoms with Crippen LogP contribution >= 0.6 is 0 Å². The summed E-state index contributed by atoms with van der Waals surface area (Å²) < 4.78 is 6.09. The Balaban J connectivity index is 1.73. The number of fused-ring (bicyclic) bond motifs is 3. The SMILES string of the molecule is CN(C)C1=CC2OC3=CC(=O)C4=C(CC=CC4)C3N=C2C=C1. The molecule has 2 atom stereocenters. The highest BCUT2D eigenvalue weighted by molar-refractivity contribution is 6.08. The Kier molecular flexibility index (Phi) is 2.93. The Morgan fingerprint density at radius 2 is 2.05 bits per heavy atom. The molecule has 0 saturated heterocycles. The Morgan fingerprint density at radius 3 is 2.86 bits per heavy atom. The van der Waals surface area contributed by atoms with Crippen molar-refractivity contribution in [2.24, 2.45) is 4.99 Å². The van der Waals surface area contributed by atoms with E-state index in [9.17, 15) is 4.79 Å². The van der Waals surface area contributed by atoms with Crippen LogP contribution in [-0.2, 0) is 9.53 Å². The van der Waals surface area contributed by atoms with Gasteiger partial charge in [0.25, 0.3) is 0 Å². The van der Waals surface area contributed by atoms with Crippen LogP contribution in [0.5, 0.6) is 0 Å². The van der Waals surface area contributed by atoms with E-state index in [2.05, 4.69) is 18.2 Å². The molecule has 0 aromatic rings. The van der Waals surface area contributed by atoms with Crippen molar-refractivity contribution >= 4 is 11.5 Å².